The van der Waals surface area contributed by atoms with Crippen LogP contribution in [0.25, 0.3) is 0 Å². The molecule has 0 spiro atoms. The molecule has 2 atom stereocenters. The van der Waals surface area contributed by atoms with Crippen LogP contribution < -0.4 is 0 Å². The molecule has 1 fully saturated rings. The lowest BCUT2D eigenvalue weighted by Crippen LogP contribution is -2.24. The van der Waals surface area contributed by atoms with E-state index in [1.54, 1.807) is 0 Å². The van der Waals surface area contributed by atoms with Crippen molar-refractivity contribution in [1.29, 1.82) is 5.26 Å². The van der Waals surface area contributed by atoms with Gasteiger partial charge >= 0.3 is 0 Å². The summed E-state index contributed by atoms with van der Waals surface area (Å²) in [5.74, 6) is 0.315. The van der Waals surface area contributed by atoms with Gasteiger partial charge < -0.3 is 9.47 Å². The highest BCUT2D eigenvalue weighted by molar-refractivity contribution is 4.72. The van der Waals surface area contributed by atoms with Gasteiger partial charge in [0, 0.05) is 13.0 Å². The van der Waals surface area contributed by atoms with Crippen LogP contribution >= 0.6 is 0 Å². The van der Waals surface area contributed by atoms with Gasteiger partial charge in [-0.15, -0.1) is 0 Å². The summed E-state index contributed by atoms with van der Waals surface area (Å²) in [6.45, 7) is 3.47. The molecule has 0 unspecified atom stereocenters. The number of hydrogen-bond donors (Lipinski definition) is 0. The van der Waals surface area contributed by atoms with E-state index in [9.17, 15) is 0 Å². The van der Waals surface area contributed by atoms with E-state index in [1.807, 2.05) is 6.92 Å². The standard InChI is InChI=1S/C10H17NO2/c1-9(5-6-11)8-13-10-4-2-3-7-12-10/h9-10H,2-5,7-8H2,1H3/t9-,10-/m1/s1. The molecule has 74 valence electrons. The third-order valence-electron chi connectivity index (χ3n) is 2.14. The second-order valence-electron chi connectivity index (χ2n) is 3.60. The molecule has 0 bridgehead atoms. The van der Waals surface area contributed by atoms with Crippen molar-refractivity contribution in [3.05, 3.63) is 0 Å². The highest BCUT2D eigenvalue weighted by Crippen LogP contribution is 2.15. The smallest absolute Gasteiger partial charge is 0.157 e. The average molecular weight is 183 g/mol. The summed E-state index contributed by atoms with van der Waals surface area (Å²) in [4.78, 5) is 0. The summed E-state index contributed by atoms with van der Waals surface area (Å²) >= 11 is 0. The van der Waals surface area contributed by atoms with Gasteiger partial charge in [-0.3, -0.25) is 0 Å². The van der Waals surface area contributed by atoms with Gasteiger partial charge in [0.05, 0.1) is 12.7 Å². The fourth-order valence-corrected chi connectivity index (χ4v) is 1.33. The summed E-state index contributed by atoms with van der Waals surface area (Å²) in [6.07, 6.45) is 3.88. The molecule has 13 heavy (non-hydrogen) atoms. The normalized spacial score (nSPS) is 25.1. The Morgan fingerprint density at radius 1 is 1.62 bits per heavy atom. The molecular weight excluding hydrogens is 166 g/mol. The minimum absolute atomic E-state index is 0.0186. The topological polar surface area (TPSA) is 42.2 Å². The molecule has 0 aromatic carbocycles. The number of rotatable bonds is 4. The molecule has 1 saturated heterocycles. The Hall–Kier alpha value is -0.590. The molecule has 0 N–H and O–H groups in total. The van der Waals surface area contributed by atoms with Crippen LogP contribution in [0.2, 0.25) is 0 Å². The van der Waals surface area contributed by atoms with Crippen molar-refractivity contribution in [2.45, 2.75) is 38.9 Å². The zero-order valence-electron chi connectivity index (χ0n) is 8.16. The maximum atomic E-state index is 8.44. The van der Waals surface area contributed by atoms with E-state index < -0.39 is 0 Å². The first-order valence-electron chi connectivity index (χ1n) is 4.93. The molecule has 0 saturated carbocycles. The molecule has 0 aromatic heterocycles. The zero-order chi connectivity index (χ0) is 9.52. The van der Waals surface area contributed by atoms with Crippen LogP contribution in [0.3, 0.4) is 0 Å². The van der Waals surface area contributed by atoms with Crippen LogP contribution in [-0.2, 0) is 9.47 Å². The van der Waals surface area contributed by atoms with E-state index in [1.165, 1.54) is 6.42 Å². The molecule has 0 aliphatic carbocycles. The summed E-state index contributed by atoms with van der Waals surface area (Å²) < 4.78 is 10.9. The maximum Gasteiger partial charge on any atom is 0.157 e. The molecule has 1 aliphatic heterocycles. The fourth-order valence-electron chi connectivity index (χ4n) is 1.33. The van der Waals surface area contributed by atoms with Gasteiger partial charge in [0.2, 0.25) is 0 Å². The second kappa shape index (κ2) is 5.95. The lowest BCUT2D eigenvalue weighted by atomic mass is 10.1. The van der Waals surface area contributed by atoms with Crippen LogP contribution in [0.15, 0.2) is 0 Å². The van der Waals surface area contributed by atoms with Crippen LogP contribution in [0, 0.1) is 17.2 Å². The first kappa shape index (κ1) is 10.5. The second-order valence-corrected chi connectivity index (χ2v) is 3.60. The predicted molar refractivity (Wildman–Crippen MR) is 48.9 cm³/mol. The van der Waals surface area contributed by atoms with Gasteiger partial charge in [0.15, 0.2) is 6.29 Å². The molecule has 3 heteroatoms. The minimum atomic E-state index is -0.0186. The molecule has 0 aromatic rings. The summed E-state index contributed by atoms with van der Waals surface area (Å²) in [5, 5.41) is 8.44. The van der Waals surface area contributed by atoms with E-state index >= 15 is 0 Å². The third kappa shape index (κ3) is 4.25. The average Bonchev–Trinajstić information content (AvgIpc) is 2.17. The van der Waals surface area contributed by atoms with E-state index in [0.29, 0.717) is 18.9 Å². The largest absolute Gasteiger partial charge is 0.353 e. The van der Waals surface area contributed by atoms with E-state index in [2.05, 4.69) is 6.07 Å². The number of ether oxygens (including phenoxy) is 2. The molecule has 3 nitrogen and oxygen atoms in total. The first-order chi connectivity index (χ1) is 6.33. The van der Waals surface area contributed by atoms with Gasteiger partial charge in [-0.2, -0.15) is 5.26 Å². The highest BCUT2D eigenvalue weighted by Gasteiger charge is 2.14. The van der Waals surface area contributed by atoms with Gasteiger partial charge in [-0.25, -0.2) is 0 Å². The van der Waals surface area contributed by atoms with Crippen LogP contribution in [0.5, 0.6) is 0 Å². The molecule has 1 rings (SSSR count). The van der Waals surface area contributed by atoms with E-state index in [0.717, 1.165) is 19.4 Å². The number of nitrogens with zero attached hydrogens (tertiary/aromatic N) is 1. The third-order valence-corrected chi connectivity index (χ3v) is 2.14. The predicted octanol–water partition coefficient (Wildman–Crippen LogP) is 2.08. The lowest BCUT2D eigenvalue weighted by molar-refractivity contribution is -0.167. The molecule has 0 radical (unpaired) electrons. The Balaban J connectivity index is 2.07. The van der Waals surface area contributed by atoms with Gasteiger partial charge in [-0.05, 0) is 25.2 Å². The van der Waals surface area contributed by atoms with Crippen LogP contribution in [0.4, 0.5) is 0 Å². The van der Waals surface area contributed by atoms with E-state index in [4.69, 9.17) is 14.7 Å². The Morgan fingerprint density at radius 3 is 3.08 bits per heavy atom. The van der Waals surface area contributed by atoms with Crippen LogP contribution in [-0.4, -0.2) is 19.5 Å². The van der Waals surface area contributed by atoms with E-state index in [-0.39, 0.29) is 6.29 Å². The van der Waals surface area contributed by atoms with Crippen LogP contribution in [0.1, 0.15) is 32.6 Å². The van der Waals surface area contributed by atoms with Crippen molar-refractivity contribution in [3.63, 3.8) is 0 Å². The van der Waals surface area contributed by atoms with Gasteiger partial charge in [-0.1, -0.05) is 6.92 Å². The maximum absolute atomic E-state index is 8.44. The summed E-state index contributed by atoms with van der Waals surface area (Å²) in [6, 6.07) is 2.13. The number of hydrogen-bond acceptors (Lipinski definition) is 3. The van der Waals surface area contributed by atoms with Crippen molar-refractivity contribution < 1.29 is 9.47 Å². The SMILES string of the molecule is C[C@H](CC#N)CO[C@@H]1CCCCO1. The summed E-state index contributed by atoms with van der Waals surface area (Å²) in [7, 11) is 0. The van der Waals surface area contributed by atoms with Crippen molar-refractivity contribution in [1.82, 2.24) is 0 Å². The zero-order valence-corrected chi connectivity index (χ0v) is 8.16. The Labute approximate surface area is 79.6 Å². The Morgan fingerprint density at radius 2 is 2.46 bits per heavy atom. The highest BCUT2D eigenvalue weighted by atomic mass is 16.7. The van der Waals surface area contributed by atoms with Crippen molar-refractivity contribution in [2.24, 2.45) is 5.92 Å². The lowest BCUT2D eigenvalue weighted by Gasteiger charge is -2.23. The molecule has 0 amide bonds. The fraction of sp³-hybridized carbons (Fsp3) is 0.900. The Bertz CT molecular complexity index is 170. The number of nitriles is 1. The van der Waals surface area contributed by atoms with Gasteiger partial charge in [0.25, 0.3) is 0 Å². The quantitative estimate of drug-likeness (QED) is 0.670. The summed E-state index contributed by atoms with van der Waals surface area (Å²) in [5.41, 5.74) is 0. The first-order valence-corrected chi connectivity index (χ1v) is 4.93. The Kier molecular flexibility index (Phi) is 4.81. The van der Waals surface area contributed by atoms with Crippen molar-refractivity contribution in [2.75, 3.05) is 13.2 Å². The minimum Gasteiger partial charge on any atom is -0.353 e. The van der Waals surface area contributed by atoms with Crippen molar-refractivity contribution in [3.8, 4) is 6.07 Å². The van der Waals surface area contributed by atoms with Crippen molar-refractivity contribution >= 4 is 0 Å². The monoisotopic (exact) mass is 183 g/mol. The molecule has 1 heterocycles. The van der Waals surface area contributed by atoms with Gasteiger partial charge in [0.1, 0.15) is 0 Å². The molecule has 1 aliphatic rings. The molecular formula is C10H17NO2.